The molecule has 0 aliphatic heterocycles. The smallest absolute Gasteiger partial charge is 0.190 e. The van der Waals surface area contributed by atoms with E-state index in [-0.39, 0.29) is 5.25 Å². The highest BCUT2D eigenvalue weighted by molar-refractivity contribution is 7.99. The topological polar surface area (TPSA) is 82.5 Å². The molecule has 0 bridgehead atoms. The number of anilines is 1. The zero-order valence-corrected chi connectivity index (χ0v) is 13.2. The number of rotatable bonds is 4. The van der Waals surface area contributed by atoms with Gasteiger partial charge >= 0.3 is 0 Å². The Morgan fingerprint density at radius 1 is 1.18 bits per heavy atom. The lowest BCUT2D eigenvalue weighted by Crippen LogP contribution is -1.98. The van der Waals surface area contributed by atoms with Crippen LogP contribution in [0.1, 0.15) is 23.6 Å². The summed E-state index contributed by atoms with van der Waals surface area (Å²) in [7, 11) is 0. The number of hydrogen-bond acceptors (Lipinski definition) is 6. The first-order chi connectivity index (χ1) is 10.6. The molecule has 6 nitrogen and oxygen atoms in total. The number of nitrogens with two attached hydrogens (primary N) is 1. The van der Waals surface area contributed by atoms with E-state index in [4.69, 9.17) is 5.73 Å². The Morgan fingerprint density at radius 2 is 1.95 bits per heavy atom. The van der Waals surface area contributed by atoms with Crippen LogP contribution in [0.25, 0.3) is 5.69 Å². The van der Waals surface area contributed by atoms with Crippen LogP contribution in [0.5, 0.6) is 0 Å². The maximum absolute atomic E-state index is 5.76. The largest absolute Gasteiger partial charge is 0.384 e. The summed E-state index contributed by atoms with van der Waals surface area (Å²) < 4.78 is 1.76. The minimum absolute atomic E-state index is 0.0821. The van der Waals surface area contributed by atoms with Crippen LogP contribution in [0.3, 0.4) is 0 Å². The van der Waals surface area contributed by atoms with Crippen LogP contribution < -0.4 is 5.73 Å². The third kappa shape index (κ3) is 3.25. The monoisotopic (exact) mass is 312 g/mol. The van der Waals surface area contributed by atoms with Gasteiger partial charge in [0.2, 0.25) is 0 Å². The van der Waals surface area contributed by atoms with Gasteiger partial charge in [-0.3, -0.25) is 0 Å². The van der Waals surface area contributed by atoms with Gasteiger partial charge < -0.3 is 5.73 Å². The summed E-state index contributed by atoms with van der Waals surface area (Å²) in [5.74, 6) is 0.482. The highest BCUT2D eigenvalue weighted by Crippen LogP contribution is 2.32. The maximum atomic E-state index is 5.76. The van der Waals surface area contributed by atoms with Gasteiger partial charge in [-0.25, -0.2) is 14.6 Å². The summed E-state index contributed by atoms with van der Waals surface area (Å²) in [6, 6.07) is 11.6. The molecular formula is C15H16N6S. The van der Waals surface area contributed by atoms with Gasteiger partial charge in [0, 0.05) is 11.8 Å². The van der Waals surface area contributed by atoms with E-state index in [0.29, 0.717) is 11.0 Å². The number of benzene rings is 1. The third-order valence-electron chi connectivity index (χ3n) is 3.08. The van der Waals surface area contributed by atoms with E-state index < -0.39 is 0 Å². The van der Waals surface area contributed by atoms with Crippen molar-refractivity contribution < 1.29 is 0 Å². The van der Waals surface area contributed by atoms with Crippen molar-refractivity contribution in [1.82, 2.24) is 25.0 Å². The van der Waals surface area contributed by atoms with Crippen molar-refractivity contribution >= 4 is 17.6 Å². The van der Waals surface area contributed by atoms with Gasteiger partial charge in [0.1, 0.15) is 5.82 Å². The lowest BCUT2D eigenvalue weighted by molar-refractivity contribution is 0.796. The molecule has 3 aromatic rings. The minimum atomic E-state index is 0.0821. The fourth-order valence-corrected chi connectivity index (χ4v) is 2.91. The summed E-state index contributed by atoms with van der Waals surface area (Å²) in [5, 5.41) is 9.15. The van der Waals surface area contributed by atoms with Crippen molar-refractivity contribution in [1.29, 1.82) is 0 Å². The van der Waals surface area contributed by atoms with Gasteiger partial charge in [0.25, 0.3) is 0 Å². The fourth-order valence-electron chi connectivity index (χ4n) is 2.01. The first kappa shape index (κ1) is 14.5. The van der Waals surface area contributed by atoms with Crippen molar-refractivity contribution in [3.63, 3.8) is 0 Å². The quantitative estimate of drug-likeness (QED) is 0.589. The molecule has 0 aliphatic rings. The number of aryl methyl sites for hydroxylation is 1. The van der Waals surface area contributed by atoms with Gasteiger partial charge in [0.05, 0.1) is 22.8 Å². The van der Waals surface area contributed by atoms with E-state index in [1.54, 1.807) is 10.7 Å². The van der Waals surface area contributed by atoms with Crippen molar-refractivity contribution in [3.8, 4) is 5.69 Å². The third-order valence-corrected chi connectivity index (χ3v) is 4.07. The molecule has 2 heterocycles. The van der Waals surface area contributed by atoms with Crippen molar-refractivity contribution in [2.24, 2.45) is 0 Å². The first-order valence-electron chi connectivity index (χ1n) is 6.87. The molecule has 0 unspecified atom stereocenters. The summed E-state index contributed by atoms with van der Waals surface area (Å²) in [5.41, 5.74) is 8.47. The van der Waals surface area contributed by atoms with E-state index in [1.807, 2.05) is 50.4 Å². The van der Waals surface area contributed by atoms with Crippen molar-refractivity contribution in [2.45, 2.75) is 24.3 Å². The number of para-hydroxylation sites is 1. The maximum Gasteiger partial charge on any atom is 0.190 e. The molecule has 22 heavy (non-hydrogen) atoms. The first-order valence-corrected chi connectivity index (χ1v) is 7.75. The van der Waals surface area contributed by atoms with Crippen molar-refractivity contribution in [2.75, 3.05) is 5.73 Å². The summed E-state index contributed by atoms with van der Waals surface area (Å²) >= 11 is 1.52. The van der Waals surface area contributed by atoms with Crippen LogP contribution in [0, 0.1) is 6.92 Å². The second kappa shape index (κ2) is 6.15. The predicted octanol–water partition coefficient (Wildman–Crippen LogP) is 2.80. The molecule has 0 spiro atoms. The highest BCUT2D eigenvalue weighted by Gasteiger charge is 2.14. The Kier molecular flexibility index (Phi) is 4.06. The minimum Gasteiger partial charge on any atom is -0.384 e. The summed E-state index contributed by atoms with van der Waals surface area (Å²) in [4.78, 5) is 8.62. The van der Waals surface area contributed by atoms with Gasteiger partial charge in [-0.15, -0.1) is 5.10 Å². The molecule has 0 amide bonds. The SMILES string of the molecule is Cc1cc(N)nc(S[C@@H](C)c2cn(-c3ccccc3)nn2)n1. The zero-order chi connectivity index (χ0) is 15.5. The molecule has 0 saturated heterocycles. The second-order valence-corrected chi connectivity index (χ2v) is 6.21. The van der Waals surface area contributed by atoms with Crippen LogP contribution in [-0.4, -0.2) is 25.0 Å². The molecule has 2 N–H and O–H groups in total. The van der Waals surface area contributed by atoms with Crippen LogP contribution in [-0.2, 0) is 0 Å². The highest BCUT2D eigenvalue weighted by atomic mass is 32.2. The molecule has 0 aliphatic carbocycles. The molecular weight excluding hydrogens is 296 g/mol. The van der Waals surface area contributed by atoms with Crippen molar-refractivity contribution in [3.05, 3.63) is 54.0 Å². The van der Waals surface area contributed by atoms with E-state index in [0.717, 1.165) is 17.1 Å². The Labute approximate surface area is 132 Å². The summed E-state index contributed by atoms with van der Waals surface area (Å²) in [6.45, 7) is 3.95. The number of hydrogen-bond donors (Lipinski definition) is 1. The second-order valence-electron chi connectivity index (χ2n) is 4.90. The molecule has 7 heteroatoms. The molecule has 0 radical (unpaired) electrons. The molecule has 0 saturated carbocycles. The van der Waals surface area contributed by atoms with Gasteiger partial charge in [-0.1, -0.05) is 35.2 Å². The fraction of sp³-hybridized carbons (Fsp3) is 0.200. The Hall–Kier alpha value is -2.41. The number of nitrogen functional groups attached to an aromatic ring is 1. The van der Waals surface area contributed by atoms with Gasteiger partial charge in [-0.2, -0.15) is 0 Å². The molecule has 1 atom stereocenters. The molecule has 3 rings (SSSR count). The zero-order valence-electron chi connectivity index (χ0n) is 12.3. The average molecular weight is 312 g/mol. The van der Waals surface area contributed by atoms with Crippen LogP contribution in [0.15, 0.2) is 47.8 Å². The number of thioether (sulfide) groups is 1. The Balaban J connectivity index is 1.78. The Bertz CT molecular complexity index is 750. The Morgan fingerprint density at radius 3 is 2.68 bits per heavy atom. The van der Waals surface area contributed by atoms with Gasteiger partial charge in [-0.05, 0) is 26.0 Å². The van der Waals surface area contributed by atoms with E-state index >= 15 is 0 Å². The molecule has 112 valence electrons. The summed E-state index contributed by atoms with van der Waals surface area (Å²) in [6.07, 6.45) is 1.92. The van der Waals surface area contributed by atoms with Crippen LogP contribution in [0.4, 0.5) is 5.82 Å². The lowest BCUT2D eigenvalue weighted by atomic mass is 10.3. The van der Waals surface area contributed by atoms with Crippen LogP contribution >= 0.6 is 11.8 Å². The molecule has 1 aromatic carbocycles. The van der Waals surface area contributed by atoms with E-state index in [9.17, 15) is 0 Å². The molecule has 2 aromatic heterocycles. The van der Waals surface area contributed by atoms with E-state index in [2.05, 4.69) is 20.3 Å². The lowest BCUT2D eigenvalue weighted by Gasteiger charge is -2.07. The van der Waals surface area contributed by atoms with E-state index in [1.165, 1.54) is 11.8 Å². The predicted molar refractivity (Wildman–Crippen MR) is 86.8 cm³/mol. The number of nitrogens with zero attached hydrogens (tertiary/aromatic N) is 5. The standard InChI is InChI=1S/C15H16N6S/c1-10-8-14(16)18-15(17-10)22-11(2)13-9-21(20-19-13)12-6-4-3-5-7-12/h3-9,11H,1-2H3,(H2,16,17,18)/t11-/m0/s1. The molecule has 0 fully saturated rings. The van der Waals surface area contributed by atoms with Gasteiger partial charge in [0.15, 0.2) is 5.16 Å². The normalized spacial score (nSPS) is 12.3. The number of aromatic nitrogens is 5. The van der Waals surface area contributed by atoms with Crippen LogP contribution in [0.2, 0.25) is 0 Å². The average Bonchev–Trinajstić information content (AvgIpc) is 2.97.